The third kappa shape index (κ3) is 1.35. The molecule has 1 aromatic heterocycles. The average molecular weight is 185 g/mol. The van der Waals surface area contributed by atoms with Crippen LogP contribution in [0.2, 0.25) is 0 Å². The average Bonchev–Trinajstić information content (AvgIpc) is 2.27. The van der Waals surface area contributed by atoms with Crippen LogP contribution in [0.4, 0.5) is 0 Å². The quantitative estimate of drug-likeness (QED) is 0.717. The first kappa shape index (κ1) is 8.75. The highest BCUT2D eigenvalue weighted by atomic mass is 16.5. The zero-order valence-corrected chi connectivity index (χ0v) is 8.03. The predicted octanol–water partition coefficient (Wildman–Crippen LogP) is 2.89. The Kier molecular flexibility index (Phi) is 2.19. The van der Waals surface area contributed by atoms with Crippen LogP contribution in [0.25, 0.3) is 17.0 Å². The molecule has 0 atom stereocenters. The van der Waals surface area contributed by atoms with Crippen LogP contribution in [0.15, 0.2) is 37.0 Å². The summed E-state index contributed by atoms with van der Waals surface area (Å²) in [6, 6.07) is 7.79. The second-order valence-electron chi connectivity index (χ2n) is 2.99. The molecule has 0 aliphatic rings. The molecule has 0 spiro atoms. The highest BCUT2D eigenvalue weighted by Crippen LogP contribution is 2.22. The van der Waals surface area contributed by atoms with Crippen molar-refractivity contribution in [2.75, 3.05) is 7.11 Å². The van der Waals surface area contributed by atoms with Crippen molar-refractivity contribution in [3.8, 4) is 5.75 Å². The van der Waals surface area contributed by atoms with Gasteiger partial charge >= 0.3 is 0 Å². The lowest BCUT2D eigenvalue weighted by molar-refractivity contribution is 0.415. The van der Waals surface area contributed by atoms with Crippen molar-refractivity contribution >= 4 is 17.0 Å². The first-order valence-electron chi connectivity index (χ1n) is 4.40. The number of nitrogens with zero attached hydrogens (tertiary/aromatic N) is 1. The van der Waals surface area contributed by atoms with Gasteiger partial charge in [-0.2, -0.15) is 0 Å². The molecule has 0 fully saturated rings. The van der Waals surface area contributed by atoms with E-state index in [1.165, 1.54) is 0 Å². The van der Waals surface area contributed by atoms with Gasteiger partial charge in [-0.15, -0.1) is 0 Å². The number of rotatable bonds is 2. The lowest BCUT2D eigenvalue weighted by Gasteiger charge is -2.03. The molecular weight excluding hydrogens is 174 g/mol. The number of benzene rings is 1. The molecule has 2 rings (SSSR count). The van der Waals surface area contributed by atoms with Crippen molar-refractivity contribution in [1.29, 1.82) is 0 Å². The maximum atomic E-state index is 5.13. The zero-order valence-electron chi connectivity index (χ0n) is 8.03. The second kappa shape index (κ2) is 3.50. The molecule has 2 heteroatoms. The van der Waals surface area contributed by atoms with Crippen molar-refractivity contribution in [3.05, 3.63) is 42.6 Å². The molecule has 0 amide bonds. The molecule has 0 aliphatic carbocycles. The van der Waals surface area contributed by atoms with E-state index in [0.29, 0.717) is 0 Å². The minimum atomic E-state index is 0.825. The summed E-state index contributed by atoms with van der Waals surface area (Å²) >= 11 is 0. The number of hydrogen-bond donors (Lipinski definition) is 0. The third-order valence-electron chi connectivity index (χ3n) is 2.20. The Bertz CT molecular complexity index is 477. The number of aromatic nitrogens is 1. The number of methoxy groups -OCH3 is 1. The number of ether oxygens (including phenoxy) is 1. The van der Waals surface area contributed by atoms with E-state index in [1.54, 1.807) is 13.3 Å². The summed E-state index contributed by atoms with van der Waals surface area (Å²) < 4.78 is 5.13. The summed E-state index contributed by atoms with van der Waals surface area (Å²) in [6.07, 6.45) is 3.61. The molecule has 0 bridgehead atoms. The van der Waals surface area contributed by atoms with E-state index in [4.69, 9.17) is 4.74 Å². The van der Waals surface area contributed by atoms with Gasteiger partial charge in [0, 0.05) is 17.6 Å². The van der Waals surface area contributed by atoms with Gasteiger partial charge in [-0.25, -0.2) is 0 Å². The number of pyridine rings is 1. The highest BCUT2D eigenvalue weighted by Gasteiger charge is 1.99. The zero-order chi connectivity index (χ0) is 9.97. The summed E-state index contributed by atoms with van der Waals surface area (Å²) in [4.78, 5) is 4.27. The summed E-state index contributed by atoms with van der Waals surface area (Å²) in [5.41, 5.74) is 2.03. The van der Waals surface area contributed by atoms with E-state index in [9.17, 15) is 0 Å². The second-order valence-corrected chi connectivity index (χ2v) is 2.99. The van der Waals surface area contributed by atoms with Gasteiger partial charge in [-0.3, -0.25) is 4.98 Å². The van der Waals surface area contributed by atoms with Gasteiger partial charge in [0.05, 0.1) is 12.6 Å². The Morgan fingerprint density at radius 1 is 1.36 bits per heavy atom. The summed E-state index contributed by atoms with van der Waals surface area (Å²) in [6.45, 7) is 3.76. The van der Waals surface area contributed by atoms with Crippen LogP contribution in [0.5, 0.6) is 5.75 Å². The van der Waals surface area contributed by atoms with E-state index in [1.807, 2.05) is 30.3 Å². The molecule has 2 aromatic rings. The van der Waals surface area contributed by atoms with Crippen LogP contribution in [-0.2, 0) is 0 Å². The first-order chi connectivity index (χ1) is 6.85. The Labute approximate surface area is 82.9 Å². The molecule has 0 saturated carbocycles. The molecule has 1 aromatic carbocycles. The van der Waals surface area contributed by atoms with Crippen LogP contribution in [0, 0.1) is 0 Å². The molecule has 70 valence electrons. The first-order valence-corrected chi connectivity index (χ1v) is 4.40. The topological polar surface area (TPSA) is 22.1 Å². The Morgan fingerprint density at radius 3 is 2.93 bits per heavy atom. The molecule has 0 radical (unpaired) electrons. The van der Waals surface area contributed by atoms with Crippen molar-refractivity contribution in [2.24, 2.45) is 0 Å². The minimum absolute atomic E-state index is 0.825. The molecule has 0 aliphatic heterocycles. The molecule has 0 saturated heterocycles. The predicted molar refractivity (Wildman–Crippen MR) is 58.4 cm³/mol. The van der Waals surface area contributed by atoms with Gasteiger partial charge in [-0.05, 0) is 23.8 Å². The van der Waals surface area contributed by atoms with Gasteiger partial charge in [0.25, 0.3) is 0 Å². The molecule has 14 heavy (non-hydrogen) atoms. The SMILES string of the molecule is C=Cc1ccnc2cc(OC)ccc12. The summed E-state index contributed by atoms with van der Waals surface area (Å²) in [5, 5.41) is 1.10. The smallest absolute Gasteiger partial charge is 0.121 e. The van der Waals surface area contributed by atoms with Gasteiger partial charge in [0.1, 0.15) is 5.75 Å². The van der Waals surface area contributed by atoms with Gasteiger partial charge in [-0.1, -0.05) is 12.7 Å². The van der Waals surface area contributed by atoms with Gasteiger partial charge in [0.2, 0.25) is 0 Å². The normalized spacial score (nSPS) is 10.1. The number of fused-ring (bicyclic) bond motifs is 1. The minimum Gasteiger partial charge on any atom is -0.497 e. The van der Waals surface area contributed by atoms with Crippen LogP contribution in [0.1, 0.15) is 5.56 Å². The van der Waals surface area contributed by atoms with Gasteiger partial charge in [0.15, 0.2) is 0 Å². The molecule has 0 unspecified atom stereocenters. The van der Waals surface area contributed by atoms with E-state index in [0.717, 1.165) is 22.2 Å². The molecule has 2 nitrogen and oxygen atoms in total. The fourth-order valence-corrected chi connectivity index (χ4v) is 1.45. The largest absolute Gasteiger partial charge is 0.497 e. The maximum Gasteiger partial charge on any atom is 0.121 e. The molecule has 0 N–H and O–H groups in total. The van der Waals surface area contributed by atoms with E-state index in [-0.39, 0.29) is 0 Å². The summed E-state index contributed by atoms with van der Waals surface area (Å²) in [5.74, 6) is 0.825. The van der Waals surface area contributed by atoms with E-state index in [2.05, 4.69) is 11.6 Å². The fraction of sp³-hybridized carbons (Fsp3) is 0.0833. The van der Waals surface area contributed by atoms with Crippen LogP contribution < -0.4 is 4.74 Å². The van der Waals surface area contributed by atoms with Gasteiger partial charge < -0.3 is 4.74 Å². The summed E-state index contributed by atoms with van der Waals surface area (Å²) in [7, 11) is 1.65. The lowest BCUT2D eigenvalue weighted by Crippen LogP contribution is -1.85. The monoisotopic (exact) mass is 185 g/mol. The standard InChI is InChI=1S/C12H11NO/c1-3-9-6-7-13-12-8-10(14-2)4-5-11(9)12/h3-8H,1H2,2H3. The van der Waals surface area contributed by atoms with Crippen LogP contribution >= 0.6 is 0 Å². The number of hydrogen-bond acceptors (Lipinski definition) is 2. The van der Waals surface area contributed by atoms with E-state index < -0.39 is 0 Å². The van der Waals surface area contributed by atoms with Crippen molar-refractivity contribution in [3.63, 3.8) is 0 Å². The highest BCUT2D eigenvalue weighted by molar-refractivity contribution is 5.88. The van der Waals surface area contributed by atoms with Crippen molar-refractivity contribution in [1.82, 2.24) is 4.98 Å². The molecule has 1 heterocycles. The Morgan fingerprint density at radius 2 is 2.21 bits per heavy atom. The van der Waals surface area contributed by atoms with Crippen LogP contribution in [-0.4, -0.2) is 12.1 Å². The molecular formula is C12H11NO. The third-order valence-corrected chi connectivity index (χ3v) is 2.20. The Balaban J connectivity index is 2.73. The van der Waals surface area contributed by atoms with Crippen molar-refractivity contribution in [2.45, 2.75) is 0 Å². The maximum absolute atomic E-state index is 5.13. The Hall–Kier alpha value is -1.83. The van der Waals surface area contributed by atoms with Crippen LogP contribution in [0.3, 0.4) is 0 Å². The van der Waals surface area contributed by atoms with Crippen molar-refractivity contribution < 1.29 is 4.74 Å². The van der Waals surface area contributed by atoms with E-state index >= 15 is 0 Å². The fourth-order valence-electron chi connectivity index (χ4n) is 1.45. The lowest BCUT2D eigenvalue weighted by atomic mass is 10.1.